The van der Waals surface area contributed by atoms with Gasteiger partial charge >= 0.3 is 5.97 Å². The van der Waals surface area contributed by atoms with Crippen LogP contribution in [0.1, 0.15) is 32.2 Å². The number of nitrogens with one attached hydrogen (secondary N) is 1. The van der Waals surface area contributed by atoms with Gasteiger partial charge in [-0.1, -0.05) is 17.3 Å². The normalized spacial score (nSPS) is 10.4. The number of ether oxygens (including phenoxy) is 1. The molecule has 6 nitrogen and oxygen atoms in total. The number of benzene rings is 1. The monoisotopic (exact) mass is 342 g/mol. The zero-order valence-corrected chi connectivity index (χ0v) is 13.6. The van der Waals surface area contributed by atoms with Crippen LogP contribution >= 0.6 is 11.3 Å². The molecule has 0 unspecified atom stereocenters. The predicted molar refractivity (Wildman–Crippen MR) is 89.1 cm³/mol. The summed E-state index contributed by atoms with van der Waals surface area (Å²) in [5, 5.41) is 10.0. The standard InChI is InChI=1S/C17H14N2O4S/c1-11-8-13(23-19-11)9-22-17(21)14-4-2-3-5-15(14)18-16(20)12-6-7-24-10-12/h2-8,10H,9H2,1H3,(H,18,20). The second kappa shape index (κ2) is 7.10. The number of thiophene rings is 1. The average molecular weight is 342 g/mol. The largest absolute Gasteiger partial charge is 0.454 e. The Hall–Kier alpha value is -2.93. The minimum absolute atomic E-state index is 0.0213. The van der Waals surface area contributed by atoms with Crippen molar-refractivity contribution >= 4 is 28.9 Å². The number of aromatic nitrogens is 1. The molecule has 2 heterocycles. The quantitative estimate of drug-likeness (QED) is 0.716. The van der Waals surface area contributed by atoms with E-state index in [0.717, 1.165) is 0 Å². The van der Waals surface area contributed by atoms with Gasteiger partial charge < -0.3 is 14.6 Å². The van der Waals surface area contributed by atoms with Gasteiger partial charge in [-0.25, -0.2) is 4.79 Å². The van der Waals surface area contributed by atoms with Crippen molar-refractivity contribution in [3.63, 3.8) is 0 Å². The number of nitrogens with zero attached hydrogens (tertiary/aromatic N) is 1. The van der Waals surface area contributed by atoms with Gasteiger partial charge in [0.2, 0.25) is 0 Å². The van der Waals surface area contributed by atoms with Gasteiger partial charge in [0, 0.05) is 11.4 Å². The summed E-state index contributed by atoms with van der Waals surface area (Å²) in [4.78, 5) is 24.4. The minimum atomic E-state index is -0.551. The van der Waals surface area contributed by atoms with Crippen LogP contribution in [0.15, 0.2) is 51.7 Å². The molecule has 2 aromatic heterocycles. The van der Waals surface area contributed by atoms with Gasteiger partial charge in [-0.3, -0.25) is 4.79 Å². The van der Waals surface area contributed by atoms with Crippen molar-refractivity contribution < 1.29 is 18.8 Å². The molecule has 0 radical (unpaired) electrons. The van der Waals surface area contributed by atoms with Crippen molar-refractivity contribution in [2.24, 2.45) is 0 Å². The summed E-state index contributed by atoms with van der Waals surface area (Å²) in [6, 6.07) is 10.1. The SMILES string of the molecule is Cc1cc(COC(=O)c2ccccc2NC(=O)c2ccsc2)on1. The van der Waals surface area contributed by atoms with Crippen molar-refractivity contribution in [1.29, 1.82) is 0 Å². The fourth-order valence-electron chi connectivity index (χ4n) is 2.06. The number of para-hydroxylation sites is 1. The van der Waals surface area contributed by atoms with Gasteiger partial charge in [-0.2, -0.15) is 11.3 Å². The highest BCUT2D eigenvalue weighted by molar-refractivity contribution is 7.08. The summed E-state index contributed by atoms with van der Waals surface area (Å²) in [6.07, 6.45) is 0. The first-order valence-corrected chi connectivity index (χ1v) is 8.09. The molecule has 24 heavy (non-hydrogen) atoms. The number of anilines is 1. The van der Waals surface area contributed by atoms with Gasteiger partial charge in [0.05, 0.1) is 22.5 Å². The van der Waals surface area contributed by atoms with Crippen LogP contribution in [0.25, 0.3) is 0 Å². The van der Waals surface area contributed by atoms with Crippen molar-refractivity contribution in [3.8, 4) is 0 Å². The third kappa shape index (κ3) is 3.69. The lowest BCUT2D eigenvalue weighted by Crippen LogP contribution is -2.15. The Kier molecular flexibility index (Phi) is 4.72. The number of hydrogen-bond acceptors (Lipinski definition) is 6. The Morgan fingerprint density at radius 1 is 1.29 bits per heavy atom. The molecule has 3 rings (SSSR count). The topological polar surface area (TPSA) is 81.4 Å². The van der Waals surface area contributed by atoms with Gasteiger partial charge in [-0.15, -0.1) is 0 Å². The summed E-state index contributed by atoms with van der Waals surface area (Å²) < 4.78 is 10.2. The maximum absolute atomic E-state index is 12.3. The fraction of sp³-hybridized carbons (Fsp3) is 0.118. The third-order valence-corrected chi connectivity index (χ3v) is 3.88. The Bertz CT molecular complexity index is 855. The van der Waals surface area contributed by atoms with E-state index in [9.17, 15) is 9.59 Å². The van der Waals surface area contributed by atoms with Crippen LogP contribution in [-0.4, -0.2) is 17.0 Å². The first-order valence-electron chi connectivity index (χ1n) is 7.15. The molecule has 0 fully saturated rings. The zero-order chi connectivity index (χ0) is 16.9. The summed E-state index contributed by atoms with van der Waals surface area (Å²) in [5.74, 6) is -0.367. The lowest BCUT2D eigenvalue weighted by atomic mass is 10.1. The van der Waals surface area contributed by atoms with E-state index >= 15 is 0 Å². The molecule has 0 aliphatic carbocycles. The molecule has 7 heteroatoms. The first-order chi connectivity index (χ1) is 11.6. The summed E-state index contributed by atoms with van der Waals surface area (Å²) in [5.41, 5.74) is 1.93. The van der Waals surface area contributed by atoms with Gasteiger partial charge in [-0.05, 0) is 30.5 Å². The Labute approximate surface area is 142 Å². The van der Waals surface area contributed by atoms with Gasteiger partial charge in [0.25, 0.3) is 5.91 Å². The summed E-state index contributed by atoms with van der Waals surface area (Å²) in [6.45, 7) is 1.76. The number of aryl methyl sites for hydroxylation is 1. The Balaban J connectivity index is 1.71. The highest BCUT2D eigenvalue weighted by atomic mass is 32.1. The highest BCUT2D eigenvalue weighted by Gasteiger charge is 2.16. The molecule has 0 saturated carbocycles. The molecular weight excluding hydrogens is 328 g/mol. The van der Waals surface area contributed by atoms with Crippen molar-refractivity contribution in [2.75, 3.05) is 5.32 Å². The molecule has 0 aliphatic rings. The van der Waals surface area contributed by atoms with Gasteiger partial charge in [0.15, 0.2) is 12.4 Å². The molecular formula is C17H14N2O4S. The highest BCUT2D eigenvalue weighted by Crippen LogP contribution is 2.19. The molecule has 0 bridgehead atoms. The maximum atomic E-state index is 12.3. The van der Waals surface area contributed by atoms with Crippen LogP contribution < -0.4 is 5.32 Å². The molecule has 1 aromatic carbocycles. The molecule has 3 aromatic rings. The maximum Gasteiger partial charge on any atom is 0.340 e. The van der Waals surface area contributed by atoms with Crippen molar-refractivity contribution in [1.82, 2.24) is 5.16 Å². The first kappa shape index (κ1) is 15.9. The van der Waals surface area contributed by atoms with Gasteiger partial charge in [0.1, 0.15) is 0 Å². The second-order valence-corrected chi connectivity index (χ2v) is 5.80. The van der Waals surface area contributed by atoms with E-state index in [0.29, 0.717) is 22.7 Å². The number of hydrogen-bond donors (Lipinski definition) is 1. The molecule has 1 amide bonds. The molecule has 0 aliphatic heterocycles. The Morgan fingerprint density at radius 3 is 2.83 bits per heavy atom. The van der Waals surface area contributed by atoms with E-state index in [-0.39, 0.29) is 18.1 Å². The number of amides is 1. The van der Waals surface area contributed by atoms with E-state index in [1.54, 1.807) is 48.7 Å². The molecule has 0 spiro atoms. The minimum Gasteiger partial charge on any atom is -0.454 e. The van der Waals surface area contributed by atoms with Crippen molar-refractivity contribution in [2.45, 2.75) is 13.5 Å². The molecule has 1 N–H and O–H groups in total. The second-order valence-electron chi connectivity index (χ2n) is 5.02. The van der Waals surface area contributed by atoms with Crippen LogP contribution in [0.4, 0.5) is 5.69 Å². The van der Waals surface area contributed by atoms with Crippen LogP contribution in [0.5, 0.6) is 0 Å². The van der Waals surface area contributed by atoms with E-state index in [1.807, 2.05) is 5.38 Å². The number of rotatable bonds is 5. The number of carbonyl (C=O) groups excluding carboxylic acids is 2. The predicted octanol–water partition coefficient (Wildman–Crippen LogP) is 3.65. The lowest BCUT2D eigenvalue weighted by molar-refractivity contribution is 0.0438. The lowest BCUT2D eigenvalue weighted by Gasteiger charge is -2.09. The van der Waals surface area contributed by atoms with Crippen LogP contribution in [-0.2, 0) is 11.3 Å². The third-order valence-electron chi connectivity index (χ3n) is 3.20. The van der Waals surface area contributed by atoms with E-state index < -0.39 is 5.97 Å². The Morgan fingerprint density at radius 2 is 2.12 bits per heavy atom. The van der Waals surface area contributed by atoms with Crippen LogP contribution in [0.2, 0.25) is 0 Å². The summed E-state index contributed by atoms with van der Waals surface area (Å²) >= 11 is 1.43. The smallest absolute Gasteiger partial charge is 0.340 e. The van der Waals surface area contributed by atoms with Crippen LogP contribution in [0, 0.1) is 6.92 Å². The average Bonchev–Trinajstić information content (AvgIpc) is 3.25. The fourth-order valence-corrected chi connectivity index (χ4v) is 2.69. The van der Waals surface area contributed by atoms with Crippen molar-refractivity contribution in [3.05, 3.63) is 69.7 Å². The molecule has 122 valence electrons. The van der Waals surface area contributed by atoms with E-state index in [4.69, 9.17) is 9.26 Å². The van der Waals surface area contributed by atoms with E-state index in [2.05, 4.69) is 10.5 Å². The van der Waals surface area contributed by atoms with Crippen LogP contribution in [0.3, 0.4) is 0 Å². The molecule has 0 atom stereocenters. The molecule has 0 saturated heterocycles. The number of esters is 1. The zero-order valence-electron chi connectivity index (χ0n) is 12.8. The number of carbonyl (C=O) groups is 2. The summed E-state index contributed by atoms with van der Waals surface area (Å²) in [7, 11) is 0. The van der Waals surface area contributed by atoms with E-state index in [1.165, 1.54) is 11.3 Å².